The van der Waals surface area contributed by atoms with Crippen molar-refractivity contribution < 1.29 is 33.2 Å². The van der Waals surface area contributed by atoms with Crippen molar-refractivity contribution in [2.45, 2.75) is 6.92 Å². The summed E-state index contributed by atoms with van der Waals surface area (Å²) in [7, 11) is -3.76. The van der Waals surface area contributed by atoms with Gasteiger partial charge in [-0.1, -0.05) is 0 Å². The summed E-state index contributed by atoms with van der Waals surface area (Å²) < 4.78 is 25.2. The highest BCUT2D eigenvalue weighted by molar-refractivity contribution is 7.52. The van der Waals surface area contributed by atoms with E-state index >= 15 is 0 Å². The maximum absolute atomic E-state index is 11.3. The van der Waals surface area contributed by atoms with Crippen LogP contribution in [0, 0.1) is 10.1 Å². The number of carbonyl (C=O) groups is 1. The Bertz CT molecular complexity index is 544. The maximum Gasteiger partial charge on any atom is 0.513 e. The number of carbonyl (C=O) groups excluding carboxylic acids is 1. The molecule has 1 unspecified atom stereocenters. The minimum absolute atomic E-state index is 0.0580. The summed E-state index contributed by atoms with van der Waals surface area (Å²) in [6.45, 7) is 1.28. The molecule has 0 radical (unpaired) electrons. The first kappa shape index (κ1) is 17.1. The molecule has 0 saturated carbocycles. The molecule has 0 spiro atoms. The van der Waals surface area contributed by atoms with E-state index in [4.69, 9.17) is 4.74 Å². The van der Waals surface area contributed by atoms with Crippen molar-refractivity contribution in [2.24, 2.45) is 0 Å². The fraction of sp³-hybridized carbons (Fsp3) is 0.364. The van der Waals surface area contributed by atoms with E-state index < -0.39 is 18.7 Å². The molecule has 1 aromatic rings. The monoisotopic (exact) mass is 319 g/mol. The SMILES string of the molecule is CCOP(=O)(O)CCOC(=O)Oc1ccc([N+](=O)[O-])cc1. The fourth-order valence-electron chi connectivity index (χ4n) is 1.27. The van der Waals surface area contributed by atoms with Gasteiger partial charge in [0.25, 0.3) is 5.69 Å². The number of hydrogen-bond donors (Lipinski definition) is 1. The van der Waals surface area contributed by atoms with Gasteiger partial charge in [-0.05, 0) is 19.1 Å². The molecule has 0 saturated heterocycles. The molecular weight excluding hydrogens is 305 g/mol. The van der Waals surface area contributed by atoms with Gasteiger partial charge in [0.05, 0.1) is 17.7 Å². The van der Waals surface area contributed by atoms with Crippen LogP contribution in [0.15, 0.2) is 24.3 Å². The number of ether oxygens (including phenoxy) is 2. The fourth-order valence-corrected chi connectivity index (χ4v) is 2.13. The van der Waals surface area contributed by atoms with E-state index in [0.717, 1.165) is 0 Å². The number of non-ortho nitro benzene ring substituents is 1. The van der Waals surface area contributed by atoms with Crippen molar-refractivity contribution in [3.05, 3.63) is 34.4 Å². The van der Waals surface area contributed by atoms with Crippen LogP contribution in [0.25, 0.3) is 0 Å². The van der Waals surface area contributed by atoms with Gasteiger partial charge in [0.2, 0.25) is 0 Å². The van der Waals surface area contributed by atoms with Gasteiger partial charge in [-0.25, -0.2) is 4.79 Å². The zero-order chi connectivity index (χ0) is 15.9. The molecule has 0 aliphatic heterocycles. The van der Waals surface area contributed by atoms with E-state index in [1.165, 1.54) is 24.3 Å². The van der Waals surface area contributed by atoms with Crippen molar-refractivity contribution in [2.75, 3.05) is 19.4 Å². The summed E-state index contributed by atoms with van der Waals surface area (Å²) in [5.74, 6) is 0.0580. The number of rotatable bonds is 7. The molecule has 0 heterocycles. The van der Waals surface area contributed by atoms with Gasteiger partial charge in [0.15, 0.2) is 0 Å². The molecule has 10 heteroatoms. The van der Waals surface area contributed by atoms with Crippen LogP contribution >= 0.6 is 7.60 Å². The summed E-state index contributed by atoms with van der Waals surface area (Å²) in [6.07, 6.45) is -1.43. The first-order valence-corrected chi connectivity index (χ1v) is 7.66. The molecule has 116 valence electrons. The number of nitro benzene ring substituents is 1. The lowest BCUT2D eigenvalue weighted by Gasteiger charge is -2.10. The van der Waals surface area contributed by atoms with E-state index in [1.54, 1.807) is 6.92 Å². The summed E-state index contributed by atoms with van der Waals surface area (Å²) >= 11 is 0. The van der Waals surface area contributed by atoms with Gasteiger partial charge in [0.1, 0.15) is 12.4 Å². The highest BCUT2D eigenvalue weighted by Crippen LogP contribution is 2.40. The molecule has 0 amide bonds. The first-order valence-electron chi connectivity index (χ1n) is 5.89. The third-order valence-corrected chi connectivity index (χ3v) is 3.58. The van der Waals surface area contributed by atoms with Crippen LogP contribution in [0.1, 0.15) is 6.92 Å². The van der Waals surface area contributed by atoms with Crippen molar-refractivity contribution in [3.63, 3.8) is 0 Å². The number of nitrogens with zero attached hydrogens (tertiary/aromatic N) is 1. The van der Waals surface area contributed by atoms with Crippen LogP contribution in [0.5, 0.6) is 5.75 Å². The summed E-state index contributed by atoms with van der Waals surface area (Å²) in [5.41, 5.74) is -0.145. The molecule has 1 atom stereocenters. The standard InChI is InChI=1S/C11H14NO8P/c1-2-19-21(16,17)8-7-18-11(13)20-10-5-3-9(4-6-10)12(14)15/h3-6H,2,7-8H2,1H3,(H,16,17). The smallest absolute Gasteiger partial charge is 0.433 e. The normalized spacial score (nSPS) is 13.2. The molecule has 0 aliphatic carbocycles. The third-order valence-electron chi connectivity index (χ3n) is 2.17. The molecular formula is C11H14NO8P. The molecule has 21 heavy (non-hydrogen) atoms. The van der Waals surface area contributed by atoms with Crippen LogP contribution in [0.3, 0.4) is 0 Å². The van der Waals surface area contributed by atoms with Gasteiger partial charge < -0.3 is 18.9 Å². The Kier molecular flexibility index (Phi) is 6.29. The van der Waals surface area contributed by atoms with E-state index in [9.17, 15) is 24.4 Å². The molecule has 1 aromatic carbocycles. The maximum atomic E-state index is 11.3. The topological polar surface area (TPSA) is 125 Å². The second kappa shape index (κ2) is 7.72. The van der Waals surface area contributed by atoms with Gasteiger partial charge in [0, 0.05) is 12.1 Å². The zero-order valence-corrected chi connectivity index (χ0v) is 12.0. The number of nitro groups is 1. The predicted molar refractivity (Wildman–Crippen MR) is 71.4 cm³/mol. The molecule has 1 N–H and O–H groups in total. The number of hydrogen-bond acceptors (Lipinski definition) is 7. The van der Waals surface area contributed by atoms with Crippen LogP contribution in [-0.4, -0.2) is 35.3 Å². The van der Waals surface area contributed by atoms with Gasteiger partial charge >= 0.3 is 13.8 Å². The minimum atomic E-state index is -3.76. The average Bonchev–Trinajstić information content (AvgIpc) is 2.38. The van der Waals surface area contributed by atoms with E-state index in [2.05, 4.69) is 9.26 Å². The van der Waals surface area contributed by atoms with Crippen LogP contribution in [-0.2, 0) is 13.8 Å². The summed E-state index contributed by atoms with van der Waals surface area (Å²) in [5, 5.41) is 10.4. The van der Waals surface area contributed by atoms with Gasteiger partial charge in [-0.2, -0.15) is 0 Å². The summed E-state index contributed by atoms with van der Waals surface area (Å²) in [4.78, 5) is 30.4. The van der Waals surface area contributed by atoms with Crippen LogP contribution < -0.4 is 4.74 Å². The van der Waals surface area contributed by atoms with Gasteiger partial charge in [-0.15, -0.1) is 0 Å². The highest BCUT2D eigenvalue weighted by Gasteiger charge is 2.19. The van der Waals surface area contributed by atoms with Crippen LogP contribution in [0.2, 0.25) is 0 Å². The summed E-state index contributed by atoms with van der Waals surface area (Å²) in [6, 6.07) is 4.80. The third kappa shape index (κ3) is 6.35. The molecule has 0 aromatic heterocycles. The Morgan fingerprint density at radius 3 is 2.52 bits per heavy atom. The van der Waals surface area contributed by atoms with Crippen LogP contribution in [0.4, 0.5) is 10.5 Å². The Morgan fingerprint density at radius 1 is 1.38 bits per heavy atom. The van der Waals surface area contributed by atoms with E-state index in [0.29, 0.717) is 0 Å². The Morgan fingerprint density at radius 2 is 2.00 bits per heavy atom. The zero-order valence-electron chi connectivity index (χ0n) is 11.1. The first-order chi connectivity index (χ1) is 9.84. The van der Waals surface area contributed by atoms with Crippen molar-refractivity contribution >= 4 is 19.4 Å². The van der Waals surface area contributed by atoms with E-state index in [-0.39, 0.29) is 30.8 Å². The molecule has 0 fully saturated rings. The molecule has 1 rings (SSSR count). The van der Waals surface area contributed by atoms with Crippen molar-refractivity contribution in [1.82, 2.24) is 0 Å². The Balaban J connectivity index is 2.40. The molecule has 0 bridgehead atoms. The van der Waals surface area contributed by atoms with Crippen molar-refractivity contribution in [3.8, 4) is 5.75 Å². The largest absolute Gasteiger partial charge is 0.513 e. The molecule has 9 nitrogen and oxygen atoms in total. The second-order valence-electron chi connectivity index (χ2n) is 3.73. The minimum Gasteiger partial charge on any atom is -0.433 e. The average molecular weight is 319 g/mol. The van der Waals surface area contributed by atoms with Gasteiger partial charge in [-0.3, -0.25) is 14.7 Å². The lowest BCUT2D eigenvalue weighted by Crippen LogP contribution is -2.14. The van der Waals surface area contributed by atoms with Crippen molar-refractivity contribution in [1.29, 1.82) is 0 Å². The number of benzene rings is 1. The predicted octanol–water partition coefficient (Wildman–Crippen LogP) is 2.33. The van der Waals surface area contributed by atoms with E-state index in [1.807, 2.05) is 0 Å². The lowest BCUT2D eigenvalue weighted by molar-refractivity contribution is -0.384. The molecule has 0 aliphatic rings. The highest BCUT2D eigenvalue weighted by atomic mass is 31.2. The lowest BCUT2D eigenvalue weighted by atomic mass is 10.3. The quantitative estimate of drug-likeness (QED) is 0.267. The second-order valence-corrected chi connectivity index (χ2v) is 5.71. The Labute approximate surface area is 120 Å². The Hall–Kier alpha value is -1.96.